The first-order chi connectivity index (χ1) is 18.3. The van der Waals surface area contributed by atoms with E-state index < -0.39 is 17.7 Å². The maximum Gasteiger partial charge on any atom is 0.176 e. The number of fused-ring (bicyclic) bond motifs is 1. The number of nitriles is 1. The molecule has 2 N–H and O–H groups in total. The topological polar surface area (TPSA) is 86.0 Å². The van der Waals surface area contributed by atoms with Crippen molar-refractivity contribution in [2.75, 3.05) is 19.7 Å². The van der Waals surface area contributed by atoms with Gasteiger partial charge in [-0.3, -0.25) is 4.90 Å². The van der Waals surface area contributed by atoms with Gasteiger partial charge in [-0.15, -0.1) is 0 Å². The second kappa shape index (κ2) is 10.4. The maximum absolute atomic E-state index is 15.1. The molecule has 38 heavy (non-hydrogen) atoms. The van der Waals surface area contributed by atoms with Crippen LogP contribution in [-0.4, -0.2) is 40.9 Å². The molecule has 3 atom stereocenters. The fourth-order valence-corrected chi connectivity index (χ4v) is 5.37. The third-order valence-corrected chi connectivity index (χ3v) is 7.54. The monoisotopic (exact) mass is 514 g/mol. The first-order valence-corrected chi connectivity index (χ1v) is 12.9. The largest absolute Gasteiger partial charge is 0.508 e. The van der Waals surface area contributed by atoms with Crippen molar-refractivity contribution in [1.82, 2.24) is 4.90 Å². The number of phenols is 2. The van der Waals surface area contributed by atoms with Crippen molar-refractivity contribution in [3.63, 3.8) is 0 Å². The van der Waals surface area contributed by atoms with Crippen molar-refractivity contribution in [1.29, 1.82) is 5.26 Å². The minimum Gasteiger partial charge on any atom is -0.508 e. The minimum atomic E-state index is -0.792. The molecule has 0 aliphatic carbocycles. The van der Waals surface area contributed by atoms with Crippen LogP contribution in [0.1, 0.15) is 55.5 Å². The third kappa shape index (κ3) is 4.80. The molecular weight excluding hydrogens is 483 g/mol. The highest BCUT2D eigenvalue weighted by Crippen LogP contribution is 2.49. The van der Waals surface area contributed by atoms with E-state index in [0.29, 0.717) is 46.6 Å². The van der Waals surface area contributed by atoms with Crippen LogP contribution in [0.3, 0.4) is 0 Å². The molecule has 0 amide bonds. The number of ether oxygens (including phenoxy) is 2. The molecule has 7 heteroatoms. The SMILES string of the molecule is CC1=C(c2cc(O)ccc2C#N)C(c2ccc(OC[C@H](C)N3CC[C@@H](C)C3)cc2)Oc2ccc(O)c(F)c21. The Balaban J connectivity index is 1.49. The highest BCUT2D eigenvalue weighted by atomic mass is 19.1. The van der Waals surface area contributed by atoms with E-state index in [0.717, 1.165) is 24.4 Å². The second-order valence-electron chi connectivity index (χ2n) is 10.3. The predicted molar refractivity (Wildman–Crippen MR) is 143 cm³/mol. The van der Waals surface area contributed by atoms with E-state index in [-0.39, 0.29) is 11.3 Å². The molecule has 1 unspecified atom stereocenters. The first-order valence-electron chi connectivity index (χ1n) is 12.9. The van der Waals surface area contributed by atoms with Gasteiger partial charge >= 0.3 is 0 Å². The van der Waals surface area contributed by atoms with Gasteiger partial charge < -0.3 is 19.7 Å². The van der Waals surface area contributed by atoms with Crippen LogP contribution in [-0.2, 0) is 0 Å². The molecule has 2 aliphatic heterocycles. The van der Waals surface area contributed by atoms with E-state index in [1.807, 2.05) is 24.3 Å². The lowest BCUT2D eigenvalue weighted by Gasteiger charge is -2.32. The van der Waals surface area contributed by atoms with Crippen LogP contribution in [0, 0.1) is 23.1 Å². The molecule has 1 saturated heterocycles. The summed E-state index contributed by atoms with van der Waals surface area (Å²) in [4.78, 5) is 2.45. The van der Waals surface area contributed by atoms with Crippen LogP contribution in [0.2, 0.25) is 0 Å². The Morgan fingerprint density at radius 2 is 1.92 bits per heavy atom. The van der Waals surface area contributed by atoms with E-state index in [4.69, 9.17) is 9.47 Å². The molecule has 6 nitrogen and oxygen atoms in total. The average molecular weight is 515 g/mol. The van der Waals surface area contributed by atoms with Crippen LogP contribution in [0.25, 0.3) is 11.1 Å². The van der Waals surface area contributed by atoms with Gasteiger partial charge in [0.15, 0.2) is 11.6 Å². The molecule has 1 fully saturated rings. The fourth-order valence-electron chi connectivity index (χ4n) is 5.37. The van der Waals surface area contributed by atoms with Crippen LogP contribution in [0.4, 0.5) is 4.39 Å². The summed E-state index contributed by atoms with van der Waals surface area (Å²) < 4.78 is 27.4. The molecular formula is C31H31FN2O4. The zero-order chi connectivity index (χ0) is 27.0. The van der Waals surface area contributed by atoms with E-state index in [9.17, 15) is 15.5 Å². The molecule has 2 heterocycles. The Morgan fingerprint density at radius 3 is 2.61 bits per heavy atom. The molecule has 0 saturated carbocycles. The summed E-state index contributed by atoms with van der Waals surface area (Å²) in [6.07, 6.45) is 0.536. The second-order valence-corrected chi connectivity index (χ2v) is 10.3. The van der Waals surface area contributed by atoms with E-state index in [1.54, 1.807) is 6.92 Å². The molecule has 196 valence electrons. The van der Waals surface area contributed by atoms with Crippen LogP contribution >= 0.6 is 0 Å². The Kier molecular flexibility index (Phi) is 7.00. The van der Waals surface area contributed by atoms with Crippen molar-refractivity contribution < 1.29 is 24.1 Å². The summed E-state index contributed by atoms with van der Waals surface area (Å²) in [6.45, 7) is 8.96. The van der Waals surface area contributed by atoms with Crippen molar-refractivity contribution >= 4 is 11.1 Å². The number of rotatable bonds is 6. The number of phenolic OH excluding ortho intramolecular Hbond substituents is 2. The first kappa shape index (κ1) is 25.6. The molecule has 0 aromatic heterocycles. The van der Waals surface area contributed by atoms with E-state index in [2.05, 4.69) is 24.8 Å². The summed E-state index contributed by atoms with van der Waals surface area (Å²) in [5.41, 5.74) is 2.73. The molecule has 2 aliphatic rings. The normalized spacial score (nSPS) is 20.0. The zero-order valence-corrected chi connectivity index (χ0v) is 21.7. The van der Waals surface area contributed by atoms with Crippen molar-refractivity contribution in [3.05, 3.63) is 82.7 Å². The van der Waals surface area contributed by atoms with E-state index in [1.165, 1.54) is 36.8 Å². The molecule has 0 bridgehead atoms. The van der Waals surface area contributed by atoms with Gasteiger partial charge in [-0.1, -0.05) is 19.1 Å². The highest BCUT2D eigenvalue weighted by molar-refractivity contribution is 5.97. The van der Waals surface area contributed by atoms with Crippen molar-refractivity contribution in [2.45, 2.75) is 39.3 Å². The van der Waals surface area contributed by atoms with Gasteiger partial charge in [0.05, 0.1) is 17.2 Å². The van der Waals surface area contributed by atoms with Crippen LogP contribution in [0.5, 0.6) is 23.0 Å². The van der Waals surface area contributed by atoms with Gasteiger partial charge in [0.2, 0.25) is 0 Å². The standard InChI is InChI=1S/C31H31FN2O4/c1-18-12-13-34(16-18)19(2)17-37-24-8-5-21(6-9-24)31-28(25-14-23(35)7-4-22(25)15-33)20(3)29-27(38-31)11-10-26(36)30(29)32/h4-11,14,18-19,31,35-36H,12-13,16-17H2,1-3H3/t18-,19+,31?/m1/s1. The fraction of sp³-hybridized carbons (Fsp3) is 0.323. The average Bonchev–Trinajstić information content (AvgIpc) is 3.35. The molecule has 0 radical (unpaired) electrons. The number of allylic oxidation sites excluding steroid dienone is 1. The number of hydrogen-bond acceptors (Lipinski definition) is 6. The van der Waals surface area contributed by atoms with Crippen LogP contribution < -0.4 is 9.47 Å². The zero-order valence-electron chi connectivity index (χ0n) is 21.7. The lowest BCUT2D eigenvalue weighted by Crippen LogP contribution is -2.35. The smallest absolute Gasteiger partial charge is 0.176 e. The summed E-state index contributed by atoms with van der Waals surface area (Å²) >= 11 is 0. The highest BCUT2D eigenvalue weighted by Gasteiger charge is 2.33. The Morgan fingerprint density at radius 1 is 1.16 bits per heavy atom. The number of aromatic hydroxyl groups is 2. The van der Waals surface area contributed by atoms with Gasteiger partial charge in [0.25, 0.3) is 0 Å². The molecule has 3 aromatic carbocycles. The summed E-state index contributed by atoms with van der Waals surface area (Å²) in [5, 5.41) is 30.0. The number of benzene rings is 3. The Labute approximate surface area is 222 Å². The minimum absolute atomic E-state index is 0.0227. The quantitative estimate of drug-likeness (QED) is 0.403. The third-order valence-electron chi connectivity index (χ3n) is 7.54. The summed E-state index contributed by atoms with van der Waals surface area (Å²) in [5.74, 6) is 0.440. The number of nitrogens with zero attached hydrogens (tertiary/aromatic N) is 2. The lowest BCUT2D eigenvalue weighted by atomic mass is 9.84. The van der Waals surface area contributed by atoms with Gasteiger partial charge in [-0.25, -0.2) is 4.39 Å². The van der Waals surface area contributed by atoms with Gasteiger partial charge in [-0.05, 0) is 86.3 Å². The summed E-state index contributed by atoms with van der Waals surface area (Å²) in [6, 6.07) is 17.3. The predicted octanol–water partition coefficient (Wildman–Crippen LogP) is 6.28. The lowest BCUT2D eigenvalue weighted by molar-refractivity contribution is 0.169. The molecule has 0 spiro atoms. The van der Waals surface area contributed by atoms with Gasteiger partial charge in [0.1, 0.15) is 30.0 Å². The van der Waals surface area contributed by atoms with Crippen molar-refractivity contribution in [2.24, 2.45) is 5.92 Å². The van der Waals surface area contributed by atoms with Gasteiger partial charge in [-0.2, -0.15) is 5.26 Å². The Bertz CT molecular complexity index is 1430. The van der Waals surface area contributed by atoms with Crippen molar-refractivity contribution in [3.8, 4) is 29.1 Å². The maximum atomic E-state index is 15.1. The van der Waals surface area contributed by atoms with E-state index >= 15 is 4.39 Å². The molecule has 3 aromatic rings. The van der Waals surface area contributed by atoms with Gasteiger partial charge in [0, 0.05) is 23.7 Å². The Hall–Kier alpha value is -4.02. The molecule has 5 rings (SSSR count). The number of likely N-dealkylation sites (tertiary alicyclic amines) is 1. The number of hydrogen-bond donors (Lipinski definition) is 2. The summed E-state index contributed by atoms with van der Waals surface area (Å²) in [7, 11) is 0. The van der Waals surface area contributed by atoms with Crippen LogP contribution in [0.15, 0.2) is 54.6 Å². The number of halogens is 1.